The average Bonchev–Trinajstić information content (AvgIpc) is 2.14. The fourth-order valence-electron chi connectivity index (χ4n) is 0.895. The van der Waals surface area contributed by atoms with Crippen LogP contribution in [0, 0.1) is 0 Å². The summed E-state index contributed by atoms with van der Waals surface area (Å²) in [7, 11) is 0. The van der Waals surface area contributed by atoms with Gasteiger partial charge in [-0.2, -0.15) is 0 Å². The van der Waals surface area contributed by atoms with Crippen LogP contribution >= 0.6 is 11.6 Å². The van der Waals surface area contributed by atoms with Gasteiger partial charge in [0.25, 0.3) is 0 Å². The SMILES string of the molecule is CC(C)(Cl)COC(=O)c1ccccc1. The van der Waals surface area contributed by atoms with Gasteiger partial charge in [0, 0.05) is 0 Å². The van der Waals surface area contributed by atoms with Crippen molar-refractivity contribution >= 4 is 17.6 Å². The Morgan fingerprint density at radius 2 is 1.93 bits per heavy atom. The summed E-state index contributed by atoms with van der Waals surface area (Å²) in [6, 6.07) is 8.86. The van der Waals surface area contributed by atoms with Crippen LogP contribution in [0.1, 0.15) is 24.2 Å². The zero-order valence-electron chi connectivity index (χ0n) is 8.29. The molecule has 2 nitrogen and oxygen atoms in total. The largest absolute Gasteiger partial charge is 0.460 e. The maximum atomic E-state index is 11.4. The second kappa shape index (κ2) is 4.47. The third kappa shape index (κ3) is 3.79. The van der Waals surface area contributed by atoms with Crippen molar-refractivity contribution in [2.45, 2.75) is 18.7 Å². The molecule has 0 saturated heterocycles. The quantitative estimate of drug-likeness (QED) is 0.569. The van der Waals surface area contributed by atoms with E-state index in [1.807, 2.05) is 6.07 Å². The lowest BCUT2D eigenvalue weighted by molar-refractivity contribution is 0.0474. The van der Waals surface area contributed by atoms with Crippen LogP contribution in [0.25, 0.3) is 0 Å². The van der Waals surface area contributed by atoms with E-state index in [2.05, 4.69) is 0 Å². The Bertz CT molecular complexity index is 301. The van der Waals surface area contributed by atoms with Crippen LogP contribution in [0.5, 0.6) is 0 Å². The summed E-state index contributed by atoms with van der Waals surface area (Å²) in [6.45, 7) is 3.81. The predicted octanol–water partition coefficient (Wildman–Crippen LogP) is 2.86. The first kappa shape index (κ1) is 11.1. The molecule has 0 aliphatic carbocycles. The maximum absolute atomic E-state index is 11.4. The second-order valence-corrected chi connectivity index (χ2v) is 4.68. The van der Waals surface area contributed by atoms with Gasteiger partial charge in [0.2, 0.25) is 0 Å². The molecule has 0 atom stereocenters. The number of esters is 1. The van der Waals surface area contributed by atoms with Crippen molar-refractivity contribution in [2.24, 2.45) is 0 Å². The van der Waals surface area contributed by atoms with E-state index in [-0.39, 0.29) is 12.6 Å². The Hall–Kier alpha value is -1.02. The van der Waals surface area contributed by atoms with Crippen molar-refractivity contribution in [1.29, 1.82) is 0 Å². The van der Waals surface area contributed by atoms with Crippen LogP contribution in [0.2, 0.25) is 0 Å². The van der Waals surface area contributed by atoms with Gasteiger partial charge in [-0.15, -0.1) is 11.6 Å². The standard InChI is InChI=1S/C11H13ClO2/c1-11(2,12)8-14-10(13)9-6-4-3-5-7-9/h3-7H,8H2,1-2H3. The molecule has 0 radical (unpaired) electrons. The monoisotopic (exact) mass is 212 g/mol. The Morgan fingerprint density at radius 1 is 1.36 bits per heavy atom. The third-order valence-corrected chi connectivity index (χ3v) is 1.67. The lowest BCUT2D eigenvalue weighted by Gasteiger charge is -2.15. The Morgan fingerprint density at radius 3 is 2.43 bits per heavy atom. The molecule has 1 rings (SSSR count). The average molecular weight is 213 g/mol. The normalized spacial score (nSPS) is 11.1. The van der Waals surface area contributed by atoms with Crippen molar-refractivity contribution < 1.29 is 9.53 Å². The summed E-state index contributed by atoms with van der Waals surface area (Å²) in [4.78, 5) is 10.9. The van der Waals surface area contributed by atoms with Gasteiger partial charge in [-0.05, 0) is 26.0 Å². The fraction of sp³-hybridized carbons (Fsp3) is 0.364. The van der Waals surface area contributed by atoms with E-state index in [9.17, 15) is 4.79 Å². The molecule has 0 unspecified atom stereocenters. The highest BCUT2D eigenvalue weighted by Crippen LogP contribution is 2.13. The van der Waals surface area contributed by atoms with Crippen LogP contribution < -0.4 is 0 Å². The number of benzene rings is 1. The number of rotatable bonds is 3. The summed E-state index contributed by atoms with van der Waals surface area (Å²) >= 11 is 5.89. The second-order valence-electron chi connectivity index (χ2n) is 3.66. The molecule has 14 heavy (non-hydrogen) atoms. The molecule has 3 heteroatoms. The first-order valence-electron chi connectivity index (χ1n) is 4.40. The van der Waals surface area contributed by atoms with Crippen molar-refractivity contribution in [3.05, 3.63) is 35.9 Å². The zero-order valence-corrected chi connectivity index (χ0v) is 9.04. The molecule has 0 aliphatic heterocycles. The lowest BCUT2D eigenvalue weighted by atomic mass is 10.2. The van der Waals surface area contributed by atoms with E-state index in [0.29, 0.717) is 5.56 Å². The smallest absolute Gasteiger partial charge is 0.338 e. The van der Waals surface area contributed by atoms with Crippen molar-refractivity contribution in [3.63, 3.8) is 0 Å². The summed E-state index contributed by atoms with van der Waals surface area (Å²) in [5.41, 5.74) is 0.549. The molecular formula is C11H13ClO2. The minimum atomic E-state index is -0.509. The van der Waals surface area contributed by atoms with E-state index in [1.165, 1.54) is 0 Å². The van der Waals surface area contributed by atoms with Gasteiger partial charge >= 0.3 is 5.97 Å². The van der Waals surface area contributed by atoms with Gasteiger partial charge in [-0.25, -0.2) is 4.79 Å². The van der Waals surface area contributed by atoms with E-state index in [4.69, 9.17) is 16.3 Å². The summed E-state index contributed by atoms with van der Waals surface area (Å²) in [5, 5.41) is 0. The molecule has 1 aromatic rings. The van der Waals surface area contributed by atoms with Crippen LogP contribution in [-0.4, -0.2) is 17.5 Å². The van der Waals surface area contributed by atoms with E-state index in [1.54, 1.807) is 38.1 Å². The van der Waals surface area contributed by atoms with Crippen LogP contribution in [0.4, 0.5) is 0 Å². The molecule has 0 bridgehead atoms. The molecule has 1 aromatic carbocycles. The third-order valence-electron chi connectivity index (χ3n) is 1.56. The van der Waals surface area contributed by atoms with E-state index < -0.39 is 4.87 Å². The predicted molar refractivity (Wildman–Crippen MR) is 56.7 cm³/mol. The van der Waals surface area contributed by atoms with Crippen LogP contribution in [0.15, 0.2) is 30.3 Å². The molecule has 76 valence electrons. The Balaban J connectivity index is 2.52. The topological polar surface area (TPSA) is 26.3 Å². The number of alkyl halides is 1. The molecule has 0 heterocycles. The van der Waals surface area contributed by atoms with Gasteiger partial charge < -0.3 is 4.74 Å². The van der Waals surface area contributed by atoms with Gasteiger partial charge in [-0.3, -0.25) is 0 Å². The minimum Gasteiger partial charge on any atom is -0.460 e. The lowest BCUT2D eigenvalue weighted by Crippen LogP contribution is -2.21. The van der Waals surface area contributed by atoms with Crippen LogP contribution in [0.3, 0.4) is 0 Å². The minimum absolute atomic E-state index is 0.211. The molecule has 0 fully saturated rings. The Labute approximate surface area is 88.8 Å². The van der Waals surface area contributed by atoms with Crippen molar-refractivity contribution in [1.82, 2.24) is 0 Å². The molecule has 0 N–H and O–H groups in total. The summed E-state index contributed by atoms with van der Waals surface area (Å²) in [5.74, 6) is -0.334. The first-order chi connectivity index (χ1) is 6.49. The van der Waals surface area contributed by atoms with E-state index in [0.717, 1.165) is 0 Å². The first-order valence-corrected chi connectivity index (χ1v) is 4.78. The highest BCUT2D eigenvalue weighted by atomic mass is 35.5. The van der Waals surface area contributed by atoms with Crippen LogP contribution in [-0.2, 0) is 4.74 Å². The number of carbonyl (C=O) groups is 1. The zero-order chi connectivity index (χ0) is 10.6. The number of hydrogen-bond acceptors (Lipinski definition) is 2. The van der Waals surface area contributed by atoms with Crippen molar-refractivity contribution in [3.8, 4) is 0 Å². The molecule has 0 aromatic heterocycles. The number of ether oxygens (including phenoxy) is 1. The molecular weight excluding hydrogens is 200 g/mol. The highest BCUT2D eigenvalue weighted by Gasteiger charge is 2.16. The Kier molecular flexibility index (Phi) is 3.53. The van der Waals surface area contributed by atoms with Gasteiger partial charge in [-0.1, -0.05) is 18.2 Å². The fourth-order valence-corrected chi connectivity index (χ4v) is 0.949. The summed E-state index contributed by atoms with van der Waals surface area (Å²) < 4.78 is 5.02. The van der Waals surface area contributed by atoms with E-state index >= 15 is 0 Å². The molecule has 0 spiro atoms. The number of hydrogen-bond donors (Lipinski definition) is 0. The number of halogens is 1. The molecule has 0 saturated carbocycles. The van der Waals surface area contributed by atoms with Crippen molar-refractivity contribution in [2.75, 3.05) is 6.61 Å². The number of carbonyl (C=O) groups excluding carboxylic acids is 1. The van der Waals surface area contributed by atoms with Gasteiger partial charge in [0.1, 0.15) is 6.61 Å². The van der Waals surface area contributed by atoms with Gasteiger partial charge in [0.15, 0.2) is 0 Å². The highest BCUT2D eigenvalue weighted by molar-refractivity contribution is 6.23. The van der Waals surface area contributed by atoms with Gasteiger partial charge in [0.05, 0.1) is 10.4 Å². The molecule has 0 aliphatic rings. The summed E-state index contributed by atoms with van der Waals surface area (Å²) in [6.07, 6.45) is 0. The maximum Gasteiger partial charge on any atom is 0.338 e. The molecule has 0 amide bonds.